The number of nitrogens with one attached hydrogen (secondary N) is 1. The zero-order chi connectivity index (χ0) is 18.7. The summed E-state index contributed by atoms with van der Waals surface area (Å²) in [5, 5.41) is 8.43. The summed E-state index contributed by atoms with van der Waals surface area (Å²) < 4.78 is 22.5. The molecule has 1 aromatic rings. The van der Waals surface area contributed by atoms with Crippen LogP contribution in [0.2, 0.25) is 0 Å². The highest BCUT2D eigenvalue weighted by atomic mass is 127. The fourth-order valence-corrected chi connectivity index (χ4v) is 2.98. The largest absolute Gasteiger partial charge is 0.356 e. The van der Waals surface area contributed by atoms with Crippen LogP contribution in [0.5, 0.6) is 0 Å². The van der Waals surface area contributed by atoms with Gasteiger partial charge in [-0.2, -0.15) is 0 Å². The molecule has 148 valence electrons. The molecular weight excluding hydrogens is 463 g/mol. The second-order valence-corrected chi connectivity index (χ2v) is 7.53. The average Bonchev–Trinajstić information content (AvgIpc) is 2.58. The minimum Gasteiger partial charge on any atom is -0.356 e. The molecule has 8 heteroatoms. The number of aliphatic imine (C=N–C) groups is 1. The van der Waals surface area contributed by atoms with E-state index in [2.05, 4.69) is 21.8 Å². The van der Waals surface area contributed by atoms with Gasteiger partial charge in [0.1, 0.15) is 0 Å². The Hall–Kier alpha value is -1.13. The highest BCUT2D eigenvalue weighted by Crippen LogP contribution is 2.09. The Labute approximate surface area is 175 Å². The molecule has 0 amide bonds. The predicted octanol–water partition coefficient (Wildman–Crippen LogP) is 2.75. The first-order valence-electron chi connectivity index (χ1n) is 8.53. The lowest BCUT2D eigenvalue weighted by atomic mass is 10.1. The number of primary sulfonamides is 1. The molecule has 0 aliphatic rings. The van der Waals surface area contributed by atoms with Crippen LogP contribution in [0, 0.1) is 0 Å². The molecule has 0 saturated carbocycles. The van der Waals surface area contributed by atoms with Crippen molar-refractivity contribution in [3.05, 3.63) is 42.5 Å². The van der Waals surface area contributed by atoms with Gasteiger partial charge in [-0.1, -0.05) is 24.6 Å². The van der Waals surface area contributed by atoms with Crippen LogP contribution in [0.4, 0.5) is 0 Å². The lowest BCUT2D eigenvalue weighted by Gasteiger charge is -2.22. The van der Waals surface area contributed by atoms with Crippen molar-refractivity contribution in [1.29, 1.82) is 0 Å². The fraction of sp³-hybridized carbons (Fsp3) is 0.500. The number of benzene rings is 1. The van der Waals surface area contributed by atoms with Crippen LogP contribution < -0.4 is 10.5 Å². The molecule has 6 nitrogen and oxygen atoms in total. The van der Waals surface area contributed by atoms with E-state index < -0.39 is 10.0 Å². The van der Waals surface area contributed by atoms with Crippen molar-refractivity contribution >= 4 is 40.0 Å². The molecule has 0 bridgehead atoms. The van der Waals surface area contributed by atoms with Crippen molar-refractivity contribution in [2.24, 2.45) is 10.1 Å². The number of hydrogen-bond acceptors (Lipinski definition) is 3. The van der Waals surface area contributed by atoms with Crippen molar-refractivity contribution in [3.8, 4) is 0 Å². The molecule has 0 heterocycles. The van der Waals surface area contributed by atoms with Gasteiger partial charge in [-0.25, -0.2) is 13.6 Å². The normalized spacial score (nSPS) is 11.6. The standard InChI is InChI=1S/C18H30N4O2S.HI/c1-4-5-6-7-8-15-22(3)18(20-2)21-14-13-16-9-11-17(12-10-16)25(19,23)24;/h4,9-12H,1,5-8,13-15H2,2-3H3,(H,20,21)(H2,19,23,24);1H. The van der Waals surface area contributed by atoms with E-state index in [1.165, 1.54) is 25.0 Å². The predicted molar refractivity (Wildman–Crippen MR) is 120 cm³/mol. The third-order valence-corrected chi connectivity index (χ3v) is 4.85. The molecule has 0 fully saturated rings. The maximum Gasteiger partial charge on any atom is 0.238 e. The van der Waals surface area contributed by atoms with E-state index in [0.717, 1.165) is 43.9 Å². The zero-order valence-corrected chi connectivity index (χ0v) is 18.8. The summed E-state index contributed by atoms with van der Waals surface area (Å²) in [4.78, 5) is 6.56. The SMILES string of the molecule is C=CCCCCCN(C)C(=NC)NCCc1ccc(S(N)(=O)=O)cc1.I. The van der Waals surface area contributed by atoms with Crippen LogP contribution in [0.25, 0.3) is 0 Å². The Morgan fingerprint density at radius 3 is 2.46 bits per heavy atom. The lowest BCUT2D eigenvalue weighted by molar-refractivity contribution is 0.455. The molecule has 26 heavy (non-hydrogen) atoms. The minimum atomic E-state index is -3.63. The monoisotopic (exact) mass is 494 g/mol. The van der Waals surface area contributed by atoms with Crippen molar-refractivity contribution in [2.45, 2.75) is 37.0 Å². The van der Waals surface area contributed by atoms with Crippen molar-refractivity contribution in [3.63, 3.8) is 0 Å². The Balaban J connectivity index is 0.00000625. The number of unbranched alkanes of at least 4 members (excludes halogenated alkanes) is 3. The van der Waals surface area contributed by atoms with Gasteiger partial charge in [-0.05, 0) is 43.4 Å². The number of rotatable bonds is 10. The lowest BCUT2D eigenvalue weighted by Crippen LogP contribution is -2.40. The van der Waals surface area contributed by atoms with E-state index in [1.54, 1.807) is 19.2 Å². The molecular formula is C18H31IN4O2S. The Morgan fingerprint density at radius 2 is 1.92 bits per heavy atom. The second-order valence-electron chi connectivity index (χ2n) is 5.97. The van der Waals surface area contributed by atoms with E-state index in [4.69, 9.17) is 5.14 Å². The van der Waals surface area contributed by atoms with E-state index >= 15 is 0 Å². The van der Waals surface area contributed by atoms with Gasteiger partial charge in [0.2, 0.25) is 10.0 Å². The Bertz CT molecular complexity index is 660. The Morgan fingerprint density at radius 1 is 1.27 bits per heavy atom. The summed E-state index contributed by atoms with van der Waals surface area (Å²) in [5.74, 6) is 0.866. The van der Waals surface area contributed by atoms with Crippen LogP contribution in [0.3, 0.4) is 0 Å². The number of sulfonamides is 1. The first-order valence-corrected chi connectivity index (χ1v) is 10.1. The van der Waals surface area contributed by atoms with E-state index in [-0.39, 0.29) is 28.9 Å². The van der Waals surface area contributed by atoms with Crippen molar-refractivity contribution < 1.29 is 8.42 Å². The van der Waals surface area contributed by atoms with Gasteiger partial charge < -0.3 is 10.2 Å². The molecule has 0 saturated heterocycles. The van der Waals surface area contributed by atoms with Crippen molar-refractivity contribution in [1.82, 2.24) is 10.2 Å². The van der Waals surface area contributed by atoms with Gasteiger partial charge >= 0.3 is 0 Å². The number of halogens is 1. The maximum absolute atomic E-state index is 11.2. The molecule has 0 spiro atoms. The third-order valence-electron chi connectivity index (χ3n) is 3.92. The highest BCUT2D eigenvalue weighted by molar-refractivity contribution is 14.0. The molecule has 3 N–H and O–H groups in total. The van der Waals surface area contributed by atoms with Crippen LogP contribution in [0.1, 0.15) is 31.2 Å². The number of allylic oxidation sites excluding steroid dienone is 1. The molecule has 0 aliphatic heterocycles. The van der Waals surface area contributed by atoms with Gasteiger partial charge in [0, 0.05) is 27.2 Å². The topological polar surface area (TPSA) is 87.8 Å². The molecule has 0 aliphatic carbocycles. The van der Waals surface area contributed by atoms with Gasteiger partial charge in [-0.3, -0.25) is 4.99 Å². The quantitative estimate of drug-likeness (QED) is 0.172. The van der Waals surface area contributed by atoms with Gasteiger partial charge in [0.25, 0.3) is 0 Å². The maximum atomic E-state index is 11.2. The van der Waals surface area contributed by atoms with E-state index in [9.17, 15) is 8.42 Å². The summed E-state index contributed by atoms with van der Waals surface area (Å²) in [6.07, 6.45) is 7.29. The number of nitrogens with two attached hydrogens (primary N) is 1. The van der Waals surface area contributed by atoms with Crippen LogP contribution >= 0.6 is 24.0 Å². The minimum absolute atomic E-state index is 0. The first kappa shape index (κ1) is 24.9. The highest BCUT2D eigenvalue weighted by Gasteiger charge is 2.07. The smallest absolute Gasteiger partial charge is 0.238 e. The summed E-state index contributed by atoms with van der Waals surface area (Å²) in [6, 6.07) is 6.64. The molecule has 1 aromatic carbocycles. The number of guanidine groups is 1. The summed E-state index contributed by atoms with van der Waals surface area (Å²) in [5.41, 5.74) is 1.04. The number of nitrogens with zero attached hydrogens (tertiary/aromatic N) is 2. The zero-order valence-electron chi connectivity index (χ0n) is 15.6. The van der Waals surface area contributed by atoms with Crippen LogP contribution in [-0.2, 0) is 16.4 Å². The van der Waals surface area contributed by atoms with E-state index in [0.29, 0.717) is 0 Å². The van der Waals surface area contributed by atoms with Crippen LogP contribution in [-0.4, -0.2) is 46.5 Å². The number of hydrogen-bond donors (Lipinski definition) is 2. The summed E-state index contributed by atoms with van der Waals surface area (Å²) in [6.45, 7) is 5.42. The molecule has 0 atom stereocenters. The van der Waals surface area contributed by atoms with Gasteiger partial charge in [0.15, 0.2) is 5.96 Å². The molecule has 0 unspecified atom stereocenters. The fourth-order valence-electron chi connectivity index (χ4n) is 2.47. The summed E-state index contributed by atoms with van der Waals surface area (Å²) in [7, 11) is 0.176. The average molecular weight is 494 g/mol. The third kappa shape index (κ3) is 9.54. The summed E-state index contributed by atoms with van der Waals surface area (Å²) >= 11 is 0. The first-order chi connectivity index (χ1) is 11.9. The van der Waals surface area contributed by atoms with Gasteiger partial charge in [0.05, 0.1) is 4.90 Å². The molecule has 1 rings (SSSR count). The Kier molecular flexibility index (Phi) is 12.5. The van der Waals surface area contributed by atoms with E-state index in [1.807, 2.05) is 13.1 Å². The van der Waals surface area contributed by atoms with Gasteiger partial charge in [-0.15, -0.1) is 30.6 Å². The van der Waals surface area contributed by atoms with Crippen LogP contribution in [0.15, 0.2) is 46.8 Å². The second kappa shape index (κ2) is 13.1. The molecule has 0 radical (unpaired) electrons. The molecule has 0 aromatic heterocycles. The van der Waals surface area contributed by atoms with Crippen molar-refractivity contribution in [2.75, 3.05) is 27.2 Å².